The SMILES string of the molecule is Cc1ccc(Oc2nc(N)nc(N)c2N)cc1. The topological polar surface area (TPSA) is 113 Å². The lowest BCUT2D eigenvalue weighted by molar-refractivity contribution is 0.465. The molecule has 0 aliphatic heterocycles. The van der Waals surface area contributed by atoms with E-state index in [4.69, 9.17) is 21.9 Å². The van der Waals surface area contributed by atoms with Crippen LogP contribution >= 0.6 is 0 Å². The molecule has 17 heavy (non-hydrogen) atoms. The molecule has 6 nitrogen and oxygen atoms in total. The molecule has 6 heteroatoms. The number of benzene rings is 1. The van der Waals surface area contributed by atoms with E-state index in [2.05, 4.69) is 9.97 Å². The van der Waals surface area contributed by atoms with E-state index in [-0.39, 0.29) is 23.3 Å². The zero-order chi connectivity index (χ0) is 12.4. The Bertz CT molecular complexity index is 538. The summed E-state index contributed by atoms with van der Waals surface area (Å²) in [5, 5.41) is 0. The lowest BCUT2D eigenvalue weighted by Gasteiger charge is -2.09. The van der Waals surface area contributed by atoms with Gasteiger partial charge in [-0.25, -0.2) is 0 Å². The number of nitrogen functional groups attached to an aromatic ring is 3. The molecule has 0 aliphatic rings. The lowest BCUT2D eigenvalue weighted by Crippen LogP contribution is -2.06. The molecule has 0 unspecified atom stereocenters. The van der Waals surface area contributed by atoms with Crippen molar-refractivity contribution in [3.8, 4) is 11.6 Å². The highest BCUT2D eigenvalue weighted by atomic mass is 16.5. The van der Waals surface area contributed by atoms with Crippen molar-refractivity contribution in [3.63, 3.8) is 0 Å². The van der Waals surface area contributed by atoms with E-state index in [0.29, 0.717) is 5.75 Å². The summed E-state index contributed by atoms with van der Waals surface area (Å²) in [5.41, 5.74) is 18.0. The van der Waals surface area contributed by atoms with Crippen LogP contribution in [0.4, 0.5) is 17.5 Å². The standard InChI is InChI=1S/C11H13N5O/c1-6-2-4-7(5-3-6)17-10-8(12)9(13)15-11(14)16-10/h2-5H,12H2,1H3,(H4,13,14,15,16). The van der Waals surface area contributed by atoms with Crippen LogP contribution < -0.4 is 21.9 Å². The van der Waals surface area contributed by atoms with Crippen molar-refractivity contribution in [2.45, 2.75) is 6.92 Å². The second-order valence-corrected chi connectivity index (χ2v) is 3.60. The van der Waals surface area contributed by atoms with E-state index in [1.807, 2.05) is 31.2 Å². The smallest absolute Gasteiger partial charge is 0.249 e. The molecule has 0 amide bonds. The average molecular weight is 231 g/mol. The maximum atomic E-state index is 5.70. The second kappa shape index (κ2) is 4.17. The number of aryl methyl sites for hydroxylation is 1. The Hall–Kier alpha value is -2.50. The molecular weight excluding hydrogens is 218 g/mol. The van der Waals surface area contributed by atoms with Crippen LogP contribution in [-0.2, 0) is 0 Å². The Kier molecular flexibility index (Phi) is 2.70. The van der Waals surface area contributed by atoms with Crippen LogP contribution in [0.2, 0.25) is 0 Å². The van der Waals surface area contributed by atoms with Gasteiger partial charge in [0.05, 0.1) is 0 Å². The number of hydrogen-bond acceptors (Lipinski definition) is 6. The van der Waals surface area contributed by atoms with Crippen LogP contribution in [0.1, 0.15) is 5.56 Å². The molecule has 0 saturated heterocycles. The Morgan fingerprint density at radius 2 is 1.65 bits per heavy atom. The van der Waals surface area contributed by atoms with Gasteiger partial charge in [0.2, 0.25) is 11.8 Å². The summed E-state index contributed by atoms with van der Waals surface area (Å²) in [4.78, 5) is 7.62. The van der Waals surface area contributed by atoms with Crippen LogP contribution in [0.5, 0.6) is 11.6 Å². The molecular formula is C11H13N5O. The van der Waals surface area contributed by atoms with E-state index in [1.54, 1.807) is 0 Å². The molecule has 88 valence electrons. The summed E-state index contributed by atoms with van der Waals surface area (Å²) in [5.74, 6) is 0.914. The first-order chi connectivity index (χ1) is 8.06. The summed E-state index contributed by atoms with van der Waals surface area (Å²) in [6.07, 6.45) is 0. The van der Waals surface area contributed by atoms with Gasteiger partial charge in [0.15, 0.2) is 5.82 Å². The average Bonchev–Trinajstić information content (AvgIpc) is 2.28. The van der Waals surface area contributed by atoms with Gasteiger partial charge in [-0.1, -0.05) is 17.7 Å². The summed E-state index contributed by atoms with van der Waals surface area (Å²) >= 11 is 0. The minimum Gasteiger partial charge on any atom is -0.437 e. The minimum absolute atomic E-state index is 0.0267. The Morgan fingerprint density at radius 3 is 2.29 bits per heavy atom. The molecule has 2 aromatic rings. The number of hydrogen-bond donors (Lipinski definition) is 3. The third kappa shape index (κ3) is 2.36. The Balaban J connectivity index is 2.32. The van der Waals surface area contributed by atoms with Crippen molar-refractivity contribution in [3.05, 3.63) is 29.8 Å². The third-order valence-electron chi connectivity index (χ3n) is 2.19. The van der Waals surface area contributed by atoms with Crippen LogP contribution in [0.3, 0.4) is 0 Å². The fraction of sp³-hybridized carbons (Fsp3) is 0.0909. The fourth-order valence-corrected chi connectivity index (χ4v) is 1.28. The van der Waals surface area contributed by atoms with Gasteiger partial charge in [0.25, 0.3) is 0 Å². The van der Waals surface area contributed by atoms with Crippen LogP contribution in [0.15, 0.2) is 24.3 Å². The summed E-state index contributed by atoms with van der Waals surface area (Å²) < 4.78 is 5.49. The van der Waals surface area contributed by atoms with Crippen LogP contribution in [0, 0.1) is 6.92 Å². The summed E-state index contributed by atoms with van der Waals surface area (Å²) in [6, 6.07) is 7.45. The molecule has 1 heterocycles. The van der Waals surface area contributed by atoms with Crippen molar-refractivity contribution in [1.29, 1.82) is 0 Å². The van der Waals surface area contributed by atoms with Crippen molar-refractivity contribution in [1.82, 2.24) is 9.97 Å². The highest BCUT2D eigenvalue weighted by Crippen LogP contribution is 2.29. The quantitative estimate of drug-likeness (QED) is 0.718. The number of anilines is 3. The van der Waals surface area contributed by atoms with Crippen molar-refractivity contribution in [2.75, 3.05) is 17.2 Å². The Labute approximate surface area is 98.4 Å². The molecule has 0 radical (unpaired) electrons. The third-order valence-corrected chi connectivity index (χ3v) is 2.19. The molecule has 0 atom stereocenters. The van der Waals surface area contributed by atoms with Gasteiger partial charge in [-0.05, 0) is 19.1 Å². The molecule has 2 rings (SSSR count). The van der Waals surface area contributed by atoms with E-state index in [0.717, 1.165) is 5.56 Å². The van der Waals surface area contributed by atoms with Gasteiger partial charge in [-0.2, -0.15) is 9.97 Å². The minimum atomic E-state index is 0.0267. The van der Waals surface area contributed by atoms with Gasteiger partial charge in [-0.3, -0.25) is 0 Å². The van der Waals surface area contributed by atoms with E-state index in [9.17, 15) is 0 Å². The monoisotopic (exact) mass is 231 g/mol. The first-order valence-electron chi connectivity index (χ1n) is 4.99. The molecule has 1 aromatic carbocycles. The number of ether oxygens (including phenoxy) is 1. The van der Waals surface area contributed by atoms with Gasteiger partial charge in [0, 0.05) is 0 Å². The predicted octanol–water partition coefficient (Wildman–Crippen LogP) is 1.32. The van der Waals surface area contributed by atoms with Gasteiger partial charge >= 0.3 is 0 Å². The summed E-state index contributed by atoms with van der Waals surface area (Å²) in [6.45, 7) is 1.98. The van der Waals surface area contributed by atoms with Crippen molar-refractivity contribution < 1.29 is 4.74 Å². The zero-order valence-electron chi connectivity index (χ0n) is 9.34. The molecule has 0 aliphatic carbocycles. The lowest BCUT2D eigenvalue weighted by atomic mass is 10.2. The number of aromatic nitrogens is 2. The first-order valence-corrected chi connectivity index (χ1v) is 4.99. The maximum absolute atomic E-state index is 5.70. The van der Waals surface area contributed by atoms with Crippen molar-refractivity contribution in [2.24, 2.45) is 0 Å². The molecule has 0 spiro atoms. The van der Waals surface area contributed by atoms with Gasteiger partial charge in [-0.15, -0.1) is 0 Å². The first kappa shape index (κ1) is 11.0. The molecule has 1 aromatic heterocycles. The molecule has 0 bridgehead atoms. The maximum Gasteiger partial charge on any atom is 0.249 e. The highest BCUT2D eigenvalue weighted by molar-refractivity contribution is 5.66. The molecule has 0 saturated carbocycles. The Morgan fingerprint density at radius 1 is 1.00 bits per heavy atom. The number of nitrogens with two attached hydrogens (primary N) is 3. The fourth-order valence-electron chi connectivity index (χ4n) is 1.28. The van der Waals surface area contributed by atoms with Gasteiger partial charge < -0.3 is 21.9 Å². The number of rotatable bonds is 2. The van der Waals surface area contributed by atoms with Crippen molar-refractivity contribution >= 4 is 17.5 Å². The molecule has 0 fully saturated rings. The largest absolute Gasteiger partial charge is 0.437 e. The van der Waals surface area contributed by atoms with E-state index < -0.39 is 0 Å². The highest BCUT2D eigenvalue weighted by Gasteiger charge is 2.10. The normalized spacial score (nSPS) is 10.2. The second-order valence-electron chi connectivity index (χ2n) is 3.60. The molecule has 6 N–H and O–H groups in total. The number of nitrogens with zero attached hydrogens (tertiary/aromatic N) is 2. The zero-order valence-corrected chi connectivity index (χ0v) is 9.34. The predicted molar refractivity (Wildman–Crippen MR) is 66.5 cm³/mol. The van der Waals surface area contributed by atoms with E-state index >= 15 is 0 Å². The van der Waals surface area contributed by atoms with Gasteiger partial charge in [0.1, 0.15) is 11.4 Å². The van der Waals surface area contributed by atoms with Crippen LogP contribution in [0.25, 0.3) is 0 Å². The van der Waals surface area contributed by atoms with E-state index in [1.165, 1.54) is 0 Å². The summed E-state index contributed by atoms with van der Waals surface area (Å²) in [7, 11) is 0. The van der Waals surface area contributed by atoms with Crippen LogP contribution in [-0.4, -0.2) is 9.97 Å².